The van der Waals surface area contributed by atoms with Gasteiger partial charge in [-0.1, -0.05) is 0 Å². The Hall–Kier alpha value is -0.650. The van der Waals surface area contributed by atoms with Gasteiger partial charge in [0.25, 0.3) is 0 Å². The molecule has 0 radical (unpaired) electrons. The quantitative estimate of drug-likeness (QED) is 0.609. The molecule has 0 aliphatic carbocycles. The third-order valence-electron chi connectivity index (χ3n) is 3.35. The second kappa shape index (κ2) is 6.33. The zero-order valence-corrected chi connectivity index (χ0v) is 11.0. The van der Waals surface area contributed by atoms with Crippen LogP contribution >= 0.6 is 0 Å². The minimum absolute atomic E-state index is 0.0215. The summed E-state index contributed by atoms with van der Waals surface area (Å²) in [4.78, 5) is 11.9. The van der Waals surface area contributed by atoms with Gasteiger partial charge >= 0.3 is 0 Å². The van der Waals surface area contributed by atoms with Gasteiger partial charge in [0.1, 0.15) is 0 Å². The van der Waals surface area contributed by atoms with E-state index < -0.39 is 5.60 Å². The lowest BCUT2D eigenvalue weighted by atomic mass is 9.99. The number of carbonyl (C=O) groups excluding carboxylic acids is 1. The first-order valence-electron chi connectivity index (χ1n) is 6.19. The van der Waals surface area contributed by atoms with Crippen LogP contribution in [0, 0.1) is 5.92 Å². The molecule has 5 heteroatoms. The van der Waals surface area contributed by atoms with Gasteiger partial charge in [0.15, 0.2) is 0 Å². The Balaban J connectivity index is 2.31. The van der Waals surface area contributed by atoms with Crippen LogP contribution in [0.5, 0.6) is 0 Å². The predicted octanol–water partition coefficient (Wildman–Crippen LogP) is -0.112. The van der Waals surface area contributed by atoms with Crippen molar-refractivity contribution in [3.8, 4) is 0 Å². The molecule has 1 heterocycles. The lowest BCUT2D eigenvalue weighted by Gasteiger charge is -2.24. The first kappa shape index (κ1) is 14.4. The van der Waals surface area contributed by atoms with Crippen molar-refractivity contribution in [1.29, 1.82) is 0 Å². The van der Waals surface area contributed by atoms with E-state index in [0.717, 1.165) is 13.0 Å². The highest BCUT2D eigenvalue weighted by Crippen LogP contribution is 2.15. The Morgan fingerprint density at radius 3 is 2.88 bits per heavy atom. The molecule has 5 nitrogen and oxygen atoms in total. The third-order valence-corrected chi connectivity index (χ3v) is 3.35. The maximum atomic E-state index is 11.9. The van der Waals surface area contributed by atoms with Crippen molar-refractivity contribution >= 4 is 5.91 Å². The molecule has 0 saturated carbocycles. The Morgan fingerprint density at radius 1 is 1.65 bits per heavy atom. The summed E-state index contributed by atoms with van der Waals surface area (Å²) < 4.78 is 4.92. The van der Waals surface area contributed by atoms with Crippen molar-refractivity contribution in [2.75, 3.05) is 26.8 Å². The molecule has 1 aliphatic heterocycles. The Kier molecular flexibility index (Phi) is 5.36. The molecule has 1 amide bonds. The molecule has 0 aromatic carbocycles. The molecular weight excluding hydrogens is 220 g/mol. The van der Waals surface area contributed by atoms with Crippen LogP contribution in [0.2, 0.25) is 0 Å². The van der Waals surface area contributed by atoms with E-state index in [-0.39, 0.29) is 24.4 Å². The van der Waals surface area contributed by atoms with E-state index >= 15 is 0 Å². The molecule has 1 rings (SSSR count). The molecule has 100 valence electrons. The average molecular weight is 244 g/mol. The fourth-order valence-corrected chi connectivity index (χ4v) is 2.04. The second-order valence-corrected chi connectivity index (χ2v) is 5.10. The van der Waals surface area contributed by atoms with Crippen molar-refractivity contribution < 1.29 is 14.6 Å². The van der Waals surface area contributed by atoms with Crippen molar-refractivity contribution in [3.05, 3.63) is 0 Å². The van der Waals surface area contributed by atoms with Crippen LogP contribution in [0.4, 0.5) is 0 Å². The lowest BCUT2D eigenvalue weighted by Crippen LogP contribution is -2.45. The number of ether oxygens (including phenoxy) is 1. The third kappa shape index (κ3) is 4.61. The van der Waals surface area contributed by atoms with Crippen LogP contribution in [-0.2, 0) is 9.53 Å². The van der Waals surface area contributed by atoms with E-state index in [9.17, 15) is 9.90 Å². The number of aliphatic hydroxyl groups is 1. The summed E-state index contributed by atoms with van der Waals surface area (Å²) in [7, 11) is 1.60. The number of rotatable bonds is 6. The van der Waals surface area contributed by atoms with Crippen molar-refractivity contribution in [1.82, 2.24) is 10.6 Å². The molecular formula is C12H24N2O3. The van der Waals surface area contributed by atoms with Crippen LogP contribution in [0.3, 0.4) is 0 Å². The zero-order valence-electron chi connectivity index (χ0n) is 11.0. The number of nitrogens with one attached hydrogen (secondary N) is 2. The summed E-state index contributed by atoms with van der Waals surface area (Å²) in [5.74, 6) is 0.0495. The van der Waals surface area contributed by atoms with Crippen molar-refractivity contribution in [2.24, 2.45) is 5.92 Å². The smallest absolute Gasteiger partial charge is 0.224 e. The maximum absolute atomic E-state index is 11.9. The van der Waals surface area contributed by atoms with Crippen LogP contribution in [0.1, 0.15) is 26.7 Å². The molecule has 3 unspecified atom stereocenters. The van der Waals surface area contributed by atoms with E-state index in [2.05, 4.69) is 10.6 Å². The van der Waals surface area contributed by atoms with Crippen molar-refractivity contribution in [2.45, 2.75) is 38.3 Å². The normalized spacial score (nSPS) is 27.8. The van der Waals surface area contributed by atoms with Gasteiger partial charge in [0.05, 0.1) is 11.5 Å². The van der Waals surface area contributed by atoms with E-state index in [1.807, 2.05) is 6.92 Å². The fraction of sp³-hybridized carbons (Fsp3) is 0.917. The summed E-state index contributed by atoms with van der Waals surface area (Å²) in [5, 5.41) is 16.1. The SMILES string of the molecule is COCCC(C)(O)CNC(=O)C1CCNC1C. The van der Waals surface area contributed by atoms with E-state index in [1.165, 1.54) is 0 Å². The predicted molar refractivity (Wildman–Crippen MR) is 65.7 cm³/mol. The van der Waals surface area contributed by atoms with Crippen LogP contribution < -0.4 is 10.6 Å². The molecule has 17 heavy (non-hydrogen) atoms. The number of hydrogen-bond donors (Lipinski definition) is 3. The van der Waals surface area contributed by atoms with Gasteiger partial charge in [-0.2, -0.15) is 0 Å². The zero-order chi connectivity index (χ0) is 12.9. The minimum Gasteiger partial charge on any atom is -0.388 e. The minimum atomic E-state index is -0.902. The Labute approximate surface area is 103 Å². The highest BCUT2D eigenvalue weighted by atomic mass is 16.5. The fourth-order valence-electron chi connectivity index (χ4n) is 2.04. The Bertz CT molecular complexity index is 256. The molecule has 3 atom stereocenters. The molecule has 1 fully saturated rings. The summed E-state index contributed by atoms with van der Waals surface area (Å²) in [6.07, 6.45) is 1.38. The van der Waals surface area contributed by atoms with Gasteiger partial charge in [-0.15, -0.1) is 0 Å². The number of amides is 1. The second-order valence-electron chi connectivity index (χ2n) is 5.10. The maximum Gasteiger partial charge on any atom is 0.224 e. The van der Waals surface area contributed by atoms with E-state index in [1.54, 1.807) is 14.0 Å². The molecule has 0 bridgehead atoms. The largest absolute Gasteiger partial charge is 0.388 e. The van der Waals surface area contributed by atoms with Gasteiger partial charge < -0.3 is 20.5 Å². The monoisotopic (exact) mass is 244 g/mol. The highest BCUT2D eigenvalue weighted by Gasteiger charge is 2.30. The standard InChI is InChI=1S/C12H24N2O3/c1-9-10(4-6-13-9)11(15)14-8-12(2,16)5-7-17-3/h9-10,13,16H,4-8H2,1-3H3,(H,14,15). The van der Waals surface area contributed by atoms with Crippen LogP contribution in [-0.4, -0.2) is 49.5 Å². The average Bonchev–Trinajstić information content (AvgIpc) is 2.70. The number of carbonyl (C=O) groups is 1. The topological polar surface area (TPSA) is 70.6 Å². The first-order chi connectivity index (χ1) is 7.96. The first-order valence-corrected chi connectivity index (χ1v) is 6.19. The summed E-state index contributed by atoms with van der Waals surface area (Å²) >= 11 is 0. The van der Waals surface area contributed by atoms with Crippen LogP contribution in [0.25, 0.3) is 0 Å². The van der Waals surface area contributed by atoms with Gasteiger partial charge in [0.2, 0.25) is 5.91 Å². The molecule has 1 saturated heterocycles. The van der Waals surface area contributed by atoms with Crippen molar-refractivity contribution in [3.63, 3.8) is 0 Å². The Morgan fingerprint density at radius 2 is 2.35 bits per heavy atom. The van der Waals surface area contributed by atoms with Crippen LogP contribution in [0.15, 0.2) is 0 Å². The molecule has 0 spiro atoms. The molecule has 0 aromatic rings. The van der Waals surface area contributed by atoms with Gasteiger partial charge in [-0.05, 0) is 26.8 Å². The summed E-state index contributed by atoms with van der Waals surface area (Å²) in [5.41, 5.74) is -0.902. The highest BCUT2D eigenvalue weighted by molar-refractivity contribution is 5.79. The number of methoxy groups -OCH3 is 1. The molecule has 0 aromatic heterocycles. The van der Waals surface area contributed by atoms with Gasteiger partial charge in [-0.3, -0.25) is 4.79 Å². The molecule has 1 aliphatic rings. The van der Waals surface area contributed by atoms with E-state index in [0.29, 0.717) is 13.0 Å². The summed E-state index contributed by atoms with van der Waals surface area (Å²) in [6, 6.07) is 0.221. The number of hydrogen-bond acceptors (Lipinski definition) is 4. The lowest BCUT2D eigenvalue weighted by molar-refractivity contribution is -0.126. The van der Waals surface area contributed by atoms with Gasteiger partial charge in [0, 0.05) is 32.7 Å². The molecule has 3 N–H and O–H groups in total. The summed E-state index contributed by atoms with van der Waals surface area (Å²) in [6.45, 7) is 5.38. The van der Waals surface area contributed by atoms with E-state index in [4.69, 9.17) is 4.74 Å². The van der Waals surface area contributed by atoms with Gasteiger partial charge in [-0.25, -0.2) is 0 Å².